The summed E-state index contributed by atoms with van der Waals surface area (Å²) in [5.41, 5.74) is -0.294. The van der Waals surface area contributed by atoms with Gasteiger partial charge in [0.2, 0.25) is 0 Å². The summed E-state index contributed by atoms with van der Waals surface area (Å²) in [7, 11) is 4.67. The van der Waals surface area contributed by atoms with Crippen LogP contribution in [0.25, 0.3) is 0 Å². The molecule has 4 rings (SSSR count). The zero-order chi connectivity index (χ0) is 24.9. The van der Waals surface area contributed by atoms with Crippen molar-refractivity contribution in [1.29, 1.82) is 0 Å². The van der Waals surface area contributed by atoms with E-state index in [-0.39, 0.29) is 18.1 Å². The first-order valence-corrected chi connectivity index (χ1v) is 12.6. The van der Waals surface area contributed by atoms with Crippen molar-refractivity contribution < 1.29 is 28.5 Å². The largest absolute Gasteiger partial charge is 0.488 e. The van der Waals surface area contributed by atoms with E-state index in [0.29, 0.717) is 19.4 Å². The van der Waals surface area contributed by atoms with Gasteiger partial charge in [0.1, 0.15) is 7.85 Å². The molecule has 34 heavy (non-hydrogen) atoms. The number of aliphatic hydroxyl groups excluding tert-OH is 1. The molecule has 1 aromatic carbocycles. The van der Waals surface area contributed by atoms with E-state index < -0.39 is 36.4 Å². The van der Waals surface area contributed by atoms with Crippen molar-refractivity contribution in [2.45, 2.75) is 115 Å². The molecule has 1 aromatic rings. The van der Waals surface area contributed by atoms with Crippen LogP contribution in [0.1, 0.15) is 79.7 Å². The Labute approximate surface area is 207 Å². The van der Waals surface area contributed by atoms with Crippen LogP contribution in [0.3, 0.4) is 0 Å². The van der Waals surface area contributed by atoms with Crippen molar-refractivity contribution in [2.75, 3.05) is 0 Å². The third-order valence-corrected chi connectivity index (χ3v) is 8.54. The molecular formula is C25H39B3O6. The van der Waals surface area contributed by atoms with E-state index >= 15 is 0 Å². The highest BCUT2D eigenvalue weighted by Crippen LogP contribution is 2.47. The first-order valence-electron chi connectivity index (χ1n) is 12.6. The van der Waals surface area contributed by atoms with Gasteiger partial charge < -0.3 is 28.5 Å². The Kier molecular flexibility index (Phi) is 7.13. The van der Waals surface area contributed by atoms with Crippen molar-refractivity contribution in [3.63, 3.8) is 0 Å². The van der Waals surface area contributed by atoms with Gasteiger partial charge in [-0.15, -0.1) is 0 Å². The lowest BCUT2D eigenvalue weighted by molar-refractivity contribution is -0.0809. The quantitative estimate of drug-likeness (QED) is 0.648. The van der Waals surface area contributed by atoms with Crippen LogP contribution in [0, 0.1) is 5.92 Å². The maximum absolute atomic E-state index is 10.9. The number of hydrogen-bond donors (Lipinski definition) is 1. The van der Waals surface area contributed by atoms with Gasteiger partial charge in [-0.1, -0.05) is 29.7 Å². The van der Waals surface area contributed by atoms with Crippen LogP contribution in [0.4, 0.5) is 0 Å². The fraction of sp³-hybridized carbons (Fsp3) is 0.760. The smallest absolute Gasteiger partial charge is 0.405 e. The van der Waals surface area contributed by atoms with E-state index in [1.807, 2.05) is 65.8 Å². The zero-order valence-corrected chi connectivity index (χ0v) is 21.8. The van der Waals surface area contributed by atoms with Crippen LogP contribution >= 0.6 is 0 Å². The number of ether oxygens (including phenoxy) is 1. The number of aliphatic hydroxyl groups is 1. The molecule has 2 radical (unpaired) electrons. The van der Waals surface area contributed by atoms with Gasteiger partial charge in [0.25, 0.3) is 0 Å². The number of benzene rings is 1. The molecule has 2 unspecified atom stereocenters. The van der Waals surface area contributed by atoms with E-state index in [2.05, 4.69) is 6.92 Å². The third kappa shape index (κ3) is 5.16. The Morgan fingerprint density at radius 2 is 1.56 bits per heavy atom. The van der Waals surface area contributed by atoms with Crippen molar-refractivity contribution in [3.8, 4) is 0 Å². The average Bonchev–Trinajstić information content (AvgIpc) is 3.09. The maximum atomic E-state index is 10.9. The molecule has 0 bridgehead atoms. The van der Waals surface area contributed by atoms with Crippen LogP contribution in [0.5, 0.6) is 0 Å². The van der Waals surface area contributed by atoms with E-state index in [1.54, 1.807) is 0 Å². The Bertz CT molecular complexity index is 862. The van der Waals surface area contributed by atoms with Crippen LogP contribution < -0.4 is 5.46 Å². The summed E-state index contributed by atoms with van der Waals surface area (Å²) < 4.78 is 31.5. The lowest BCUT2D eigenvalue weighted by atomic mass is 9.49. The second-order valence-corrected chi connectivity index (χ2v) is 12.0. The lowest BCUT2D eigenvalue weighted by Gasteiger charge is -2.42. The van der Waals surface area contributed by atoms with E-state index in [4.69, 9.17) is 31.2 Å². The lowest BCUT2D eigenvalue weighted by Crippen LogP contribution is -2.49. The van der Waals surface area contributed by atoms with Gasteiger partial charge in [-0.2, -0.15) is 0 Å². The summed E-state index contributed by atoms with van der Waals surface area (Å²) in [4.78, 5) is 0. The number of hydrogen-bond acceptors (Lipinski definition) is 6. The summed E-state index contributed by atoms with van der Waals surface area (Å²) in [5.74, 6) is 0.0458. The Morgan fingerprint density at radius 3 is 2.21 bits per heavy atom. The third-order valence-electron chi connectivity index (χ3n) is 8.54. The molecule has 3 aliphatic rings. The molecule has 1 aliphatic carbocycles. The molecule has 184 valence electrons. The summed E-state index contributed by atoms with van der Waals surface area (Å²) in [5, 5.41) is 10.9. The first kappa shape index (κ1) is 26.2. The topological polar surface area (TPSA) is 66.4 Å². The molecular weight excluding hydrogens is 429 g/mol. The van der Waals surface area contributed by atoms with Gasteiger partial charge in [-0.25, -0.2) is 0 Å². The molecule has 2 heterocycles. The highest BCUT2D eigenvalue weighted by Gasteiger charge is 2.65. The standard InChI is InChI=1S/C25H39B3O6/c1-22(2)23(3,4)32-27(31-22)28-33-24(5,6)25(7,34-28)15-18-14-20(11-12-21(18)29)30-16-17-9-8-10-19(26)13-17/h8-10,13,18,20-21,29H,11-12,14-16H2,1-7H3/t18?,20-,21-,25?/m1/s1. The second kappa shape index (κ2) is 9.24. The molecule has 3 fully saturated rings. The minimum absolute atomic E-state index is 0.0458. The molecule has 1 saturated carbocycles. The highest BCUT2D eigenvalue weighted by atomic mass is 16.7. The van der Waals surface area contributed by atoms with Crippen LogP contribution in [-0.2, 0) is 30.0 Å². The SMILES string of the molecule is [B]c1cccc(CO[C@@H]2CC[C@@H](O)C(CC3(C)OB(B4OC(C)(C)C(C)(C)O4)OC3(C)C)C2)c1. The van der Waals surface area contributed by atoms with Gasteiger partial charge in [0.15, 0.2) is 0 Å². The Morgan fingerprint density at radius 1 is 0.941 bits per heavy atom. The van der Waals surface area contributed by atoms with Gasteiger partial charge in [-0.05, 0) is 85.6 Å². The zero-order valence-electron chi connectivity index (χ0n) is 21.8. The van der Waals surface area contributed by atoms with Crippen LogP contribution in [0.2, 0.25) is 0 Å². The van der Waals surface area contributed by atoms with Crippen molar-refractivity contribution in [3.05, 3.63) is 29.8 Å². The number of rotatable bonds is 6. The molecule has 0 aromatic heterocycles. The van der Waals surface area contributed by atoms with Crippen LogP contribution in [-0.4, -0.2) is 61.6 Å². The van der Waals surface area contributed by atoms with Gasteiger partial charge >= 0.3 is 14.0 Å². The van der Waals surface area contributed by atoms with Crippen molar-refractivity contribution in [1.82, 2.24) is 0 Å². The van der Waals surface area contributed by atoms with E-state index in [1.165, 1.54) is 0 Å². The maximum Gasteiger partial charge on any atom is 0.488 e. The van der Waals surface area contributed by atoms with E-state index in [0.717, 1.165) is 23.9 Å². The predicted molar refractivity (Wildman–Crippen MR) is 135 cm³/mol. The fourth-order valence-corrected chi connectivity index (χ4v) is 5.22. The summed E-state index contributed by atoms with van der Waals surface area (Å²) in [6.45, 7) is 14.8. The van der Waals surface area contributed by atoms with E-state index in [9.17, 15) is 5.11 Å². The summed E-state index contributed by atoms with van der Waals surface area (Å²) in [6, 6.07) is 7.78. The molecule has 0 spiro atoms. The highest BCUT2D eigenvalue weighted by molar-refractivity contribution is 7.11. The van der Waals surface area contributed by atoms with Crippen molar-refractivity contribution >= 4 is 27.3 Å². The monoisotopic (exact) mass is 468 g/mol. The molecule has 6 nitrogen and oxygen atoms in total. The Balaban J connectivity index is 1.39. The molecule has 2 saturated heterocycles. The molecule has 2 aliphatic heterocycles. The van der Waals surface area contributed by atoms with Gasteiger partial charge in [-0.3, -0.25) is 0 Å². The minimum Gasteiger partial charge on any atom is -0.405 e. The van der Waals surface area contributed by atoms with Gasteiger partial charge in [0.05, 0.1) is 41.2 Å². The molecule has 0 amide bonds. The molecule has 4 atom stereocenters. The van der Waals surface area contributed by atoms with Crippen LogP contribution in [0.15, 0.2) is 24.3 Å². The normalized spacial score (nSPS) is 34.5. The predicted octanol–water partition coefficient (Wildman–Crippen LogP) is 3.16. The van der Waals surface area contributed by atoms with Gasteiger partial charge in [0, 0.05) is 0 Å². The second-order valence-electron chi connectivity index (χ2n) is 12.0. The summed E-state index contributed by atoms with van der Waals surface area (Å²) >= 11 is 0. The molecule has 9 heteroatoms. The Hall–Kier alpha value is -0.825. The van der Waals surface area contributed by atoms with Crippen molar-refractivity contribution in [2.24, 2.45) is 5.92 Å². The summed E-state index contributed by atoms with van der Waals surface area (Å²) in [6.07, 6.45) is 2.69. The fourth-order valence-electron chi connectivity index (χ4n) is 5.22. The molecule has 1 N–H and O–H groups in total. The first-order chi connectivity index (χ1) is 15.7. The average molecular weight is 468 g/mol. The minimum atomic E-state index is -0.627.